The molecule has 2 aliphatic heterocycles. The first-order valence-corrected chi connectivity index (χ1v) is 9.77. The normalized spacial score (nSPS) is 18.9. The summed E-state index contributed by atoms with van der Waals surface area (Å²) < 4.78 is 5.42. The van der Waals surface area contributed by atoms with Crippen LogP contribution < -0.4 is 4.74 Å². The number of imide groups is 1. The van der Waals surface area contributed by atoms with Crippen molar-refractivity contribution < 1.29 is 19.1 Å². The van der Waals surface area contributed by atoms with Gasteiger partial charge < -0.3 is 9.64 Å². The second kappa shape index (κ2) is 8.90. The van der Waals surface area contributed by atoms with Crippen LogP contribution in [0.2, 0.25) is 0 Å². The highest BCUT2D eigenvalue weighted by Crippen LogP contribution is 2.32. The van der Waals surface area contributed by atoms with Gasteiger partial charge in [-0.2, -0.15) is 0 Å². The number of piperidine rings is 1. The number of nitrogens with zero attached hydrogens (tertiary/aromatic N) is 2. The molecule has 2 saturated heterocycles. The molecule has 1 aromatic rings. The summed E-state index contributed by atoms with van der Waals surface area (Å²) in [6, 6.07) is 7.20. The van der Waals surface area contributed by atoms with Gasteiger partial charge >= 0.3 is 0 Å². The molecule has 3 amide bonds. The number of hydrogen-bond donors (Lipinski definition) is 0. The third kappa shape index (κ3) is 4.80. The number of benzene rings is 1. The third-order valence-corrected chi connectivity index (χ3v) is 5.33. The summed E-state index contributed by atoms with van der Waals surface area (Å²) >= 11 is 0.867. The van der Waals surface area contributed by atoms with E-state index in [1.165, 1.54) is 0 Å². The van der Waals surface area contributed by atoms with Gasteiger partial charge in [-0.05, 0) is 54.8 Å². The van der Waals surface area contributed by atoms with Crippen LogP contribution in [0, 0.1) is 0 Å². The van der Waals surface area contributed by atoms with Gasteiger partial charge in [-0.25, -0.2) is 0 Å². The maximum atomic E-state index is 12.6. The Bertz CT molecular complexity index is 767. The number of hydrogen-bond acceptors (Lipinski definition) is 5. The lowest BCUT2D eigenvalue weighted by molar-refractivity contribution is -0.136. The van der Waals surface area contributed by atoms with Gasteiger partial charge in [0.1, 0.15) is 18.9 Å². The van der Waals surface area contributed by atoms with Gasteiger partial charge in [0.25, 0.3) is 11.1 Å². The molecule has 2 aliphatic rings. The minimum atomic E-state index is -0.414. The fraction of sp³-hybridized carbons (Fsp3) is 0.350. The fourth-order valence-corrected chi connectivity index (χ4v) is 3.82. The van der Waals surface area contributed by atoms with E-state index in [4.69, 9.17) is 4.74 Å². The van der Waals surface area contributed by atoms with Crippen LogP contribution in [-0.4, -0.2) is 53.1 Å². The van der Waals surface area contributed by atoms with Gasteiger partial charge in [0, 0.05) is 13.1 Å². The lowest BCUT2D eigenvalue weighted by Gasteiger charge is -2.27. The van der Waals surface area contributed by atoms with E-state index in [1.807, 2.05) is 12.1 Å². The maximum Gasteiger partial charge on any atom is 0.294 e. The molecule has 0 aliphatic carbocycles. The number of carbonyl (C=O) groups excluding carboxylic acids is 3. The van der Waals surface area contributed by atoms with Gasteiger partial charge in [0.2, 0.25) is 5.91 Å². The molecule has 2 fully saturated rings. The maximum absolute atomic E-state index is 12.6. The van der Waals surface area contributed by atoms with Crippen LogP contribution in [0.15, 0.2) is 41.8 Å². The Morgan fingerprint density at radius 1 is 1.15 bits per heavy atom. The van der Waals surface area contributed by atoms with Crippen LogP contribution in [-0.2, 0) is 9.59 Å². The summed E-state index contributed by atoms with van der Waals surface area (Å²) in [6.45, 7) is 5.23. The van der Waals surface area contributed by atoms with Crippen LogP contribution >= 0.6 is 11.8 Å². The Kier molecular flexibility index (Phi) is 6.34. The predicted molar refractivity (Wildman–Crippen MR) is 105 cm³/mol. The molecule has 0 aromatic heterocycles. The van der Waals surface area contributed by atoms with E-state index in [0.29, 0.717) is 30.4 Å². The Labute approximate surface area is 162 Å². The molecule has 1 aromatic carbocycles. The summed E-state index contributed by atoms with van der Waals surface area (Å²) in [5.74, 6) is 0.122. The second-order valence-corrected chi connectivity index (χ2v) is 7.37. The number of thioether (sulfide) groups is 1. The molecule has 6 nitrogen and oxygen atoms in total. The van der Waals surface area contributed by atoms with Gasteiger partial charge in [0.05, 0.1) is 4.91 Å². The van der Waals surface area contributed by atoms with Crippen LogP contribution in [0.5, 0.6) is 5.75 Å². The molecular formula is C20H22N2O4S. The summed E-state index contributed by atoms with van der Waals surface area (Å²) in [5.41, 5.74) is 0.786. The fourth-order valence-electron chi connectivity index (χ4n) is 2.98. The predicted octanol–water partition coefficient (Wildman–Crippen LogP) is 3.30. The van der Waals surface area contributed by atoms with E-state index >= 15 is 0 Å². The summed E-state index contributed by atoms with van der Waals surface area (Å²) in [7, 11) is 0. The van der Waals surface area contributed by atoms with Crippen molar-refractivity contribution in [2.75, 3.05) is 26.2 Å². The Morgan fingerprint density at radius 3 is 2.52 bits per heavy atom. The molecule has 2 heterocycles. The SMILES string of the molecule is C=CCOc1ccc(/C=C2\SC(=O)N(CC(=O)N3CCCCC3)C2=O)cc1. The minimum absolute atomic E-state index is 0.165. The molecular weight excluding hydrogens is 364 g/mol. The van der Waals surface area contributed by atoms with Crippen LogP contribution in [0.3, 0.4) is 0 Å². The third-order valence-electron chi connectivity index (χ3n) is 4.42. The lowest BCUT2D eigenvalue weighted by Crippen LogP contribution is -2.44. The van der Waals surface area contributed by atoms with Gasteiger partial charge in [-0.15, -0.1) is 0 Å². The first-order valence-electron chi connectivity index (χ1n) is 8.95. The van der Waals surface area contributed by atoms with Crippen LogP contribution in [0.25, 0.3) is 6.08 Å². The molecule has 142 valence electrons. The van der Waals surface area contributed by atoms with E-state index in [0.717, 1.165) is 41.5 Å². The van der Waals surface area contributed by atoms with Crippen molar-refractivity contribution in [1.29, 1.82) is 0 Å². The number of amides is 3. The average Bonchev–Trinajstić information content (AvgIpc) is 2.95. The molecule has 0 atom stereocenters. The minimum Gasteiger partial charge on any atom is -0.490 e. The van der Waals surface area contributed by atoms with E-state index in [9.17, 15) is 14.4 Å². The van der Waals surface area contributed by atoms with Gasteiger partial charge in [0.15, 0.2) is 0 Å². The second-order valence-electron chi connectivity index (χ2n) is 6.38. The van der Waals surface area contributed by atoms with Crippen molar-refractivity contribution in [3.05, 3.63) is 47.4 Å². The average molecular weight is 386 g/mol. The van der Waals surface area contributed by atoms with Crippen molar-refractivity contribution >= 4 is 34.9 Å². The zero-order chi connectivity index (χ0) is 19.2. The van der Waals surface area contributed by atoms with Crippen LogP contribution in [0.1, 0.15) is 24.8 Å². The number of rotatable bonds is 6. The molecule has 0 unspecified atom stereocenters. The van der Waals surface area contributed by atoms with E-state index in [1.54, 1.807) is 29.2 Å². The summed E-state index contributed by atoms with van der Waals surface area (Å²) in [5, 5.41) is -0.400. The quantitative estimate of drug-likeness (QED) is 0.554. The zero-order valence-electron chi connectivity index (χ0n) is 15.1. The first-order chi connectivity index (χ1) is 13.1. The highest BCUT2D eigenvalue weighted by atomic mass is 32.2. The molecule has 0 radical (unpaired) electrons. The smallest absolute Gasteiger partial charge is 0.294 e. The van der Waals surface area contributed by atoms with Crippen LogP contribution in [0.4, 0.5) is 4.79 Å². The highest BCUT2D eigenvalue weighted by Gasteiger charge is 2.37. The number of carbonyl (C=O) groups is 3. The molecule has 0 spiro atoms. The summed E-state index contributed by atoms with van der Waals surface area (Å²) in [6.07, 6.45) is 6.38. The van der Waals surface area contributed by atoms with Crippen molar-refractivity contribution in [2.45, 2.75) is 19.3 Å². The number of likely N-dealkylation sites (tertiary alicyclic amines) is 1. The van der Waals surface area contributed by atoms with Gasteiger partial charge in [-0.3, -0.25) is 19.3 Å². The van der Waals surface area contributed by atoms with E-state index in [-0.39, 0.29) is 12.5 Å². The van der Waals surface area contributed by atoms with Crippen molar-refractivity contribution in [3.63, 3.8) is 0 Å². The number of ether oxygens (including phenoxy) is 1. The molecule has 0 N–H and O–H groups in total. The van der Waals surface area contributed by atoms with Crippen molar-refractivity contribution in [1.82, 2.24) is 9.80 Å². The molecule has 27 heavy (non-hydrogen) atoms. The van der Waals surface area contributed by atoms with Gasteiger partial charge in [-0.1, -0.05) is 24.8 Å². The molecule has 3 rings (SSSR count). The Balaban J connectivity index is 1.65. The zero-order valence-corrected chi connectivity index (χ0v) is 15.9. The largest absolute Gasteiger partial charge is 0.490 e. The Hall–Kier alpha value is -2.54. The first kappa shape index (κ1) is 19.2. The highest BCUT2D eigenvalue weighted by molar-refractivity contribution is 8.18. The van der Waals surface area contributed by atoms with Crippen molar-refractivity contribution in [3.8, 4) is 5.75 Å². The lowest BCUT2D eigenvalue weighted by atomic mass is 10.1. The molecule has 0 saturated carbocycles. The monoisotopic (exact) mass is 386 g/mol. The standard InChI is InChI=1S/C20H22N2O4S/c1-2-12-26-16-8-6-15(7-9-16)13-17-19(24)22(20(25)27-17)14-18(23)21-10-4-3-5-11-21/h2,6-9,13H,1,3-5,10-12,14H2/b17-13-. The molecule has 7 heteroatoms. The van der Waals surface area contributed by atoms with E-state index < -0.39 is 11.1 Å². The summed E-state index contributed by atoms with van der Waals surface area (Å²) in [4.78, 5) is 40.2. The molecule has 0 bridgehead atoms. The Morgan fingerprint density at radius 2 is 1.85 bits per heavy atom. The van der Waals surface area contributed by atoms with Crippen molar-refractivity contribution in [2.24, 2.45) is 0 Å². The van der Waals surface area contributed by atoms with E-state index in [2.05, 4.69) is 6.58 Å². The topological polar surface area (TPSA) is 66.9 Å².